The molecule has 5 heteroatoms. The number of hydrogen-bond donors (Lipinski definition) is 1. The van der Waals surface area contributed by atoms with Gasteiger partial charge in [-0.3, -0.25) is 9.55 Å². The Morgan fingerprint density at radius 1 is 0.474 bits per heavy atom. The van der Waals surface area contributed by atoms with Crippen LogP contribution in [0.1, 0.15) is 127 Å². The zero-order chi connectivity index (χ0) is 63.2. The molecule has 76 heavy (non-hydrogen) atoms. The molecular formula is C71H70N3OPt-. The smallest absolute Gasteiger partial charge is 0.148 e. The first-order chi connectivity index (χ1) is 40.5. The molecule has 0 aliphatic heterocycles. The molecule has 0 unspecified atom stereocenters. The SMILES string of the molecule is [2H]C([2H])([2H])c1cc(-c2ccccc2)ccc1-n1c(-c2cc(C(C)(C)C)cc(C(C)(C)C)c2O)nc2c(-c3[c-]c(-c4cc(-c5cc(-c6ccccc6)ccc5C(C([2H])([2H])[2H])(C([2H])([2H])[2H])C([2H])([2H])[2H])ccn4)cc(-c4ccc(C(C)(C)C)cc4)c3)cccc21.[Pt]. The van der Waals surface area contributed by atoms with Gasteiger partial charge in [0.15, 0.2) is 0 Å². The van der Waals surface area contributed by atoms with E-state index in [9.17, 15) is 5.11 Å². The van der Waals surface area contributed by atoms with Gasteiger partial charge in [-0.15, -0.1) is 23.8 Å². The van der Waals surface area contributed by atoms with Gasteiger partial charge in [0.05, 0.1) is 22.3 Å². The van der Waals surface area contributed by atoms with Gasteiger partial charge in [-0.05, 0) is 126 Å². The van der Waals surface area contributed by atoms with Crippen LogP contribution < -0.4 is 0 Å². The summed E-state index contributed by atoms with van der Waals surface area (Å²) in [5.41, 5.74) is 6.67. The van der Waals surface area contributed by atoms with Crippen molar-refractivity contribution in [2.45, 2.75) is 111 Å². The van der Waals surface area contributed by atoms with E-state index in [-0.39, 0.29) is 54.3 Å². The Bertz CT molecular complexity index is 4180. The first-order valence-electron chi connectivity index (χ1n) is 31.4. The number of benzene rings is 8. The molecule has 0 fully saturated rings. The number of hydrogen-bond acceptors (Lipinski definition) is 3. The number of pyridine rings is 1. The number of phenols is 1. The van der Waals surface area contributed by atoms with E-state index in [2.05, 4.69) is 59.7 Å². The van der Waals surface area contributed by atoms with E-state index in [1.54, 1.807) is 36.4 Å². The molecule has 10 aromatic rings. The maximum absolute atomic E-state index is 12.7. The van der Waals surface area contributed by atoms with E-state index in [0.29, 0.717) is 72.7 Å². The average Bonchev–Trinajstić information content (AvgIpc) is 0.838. The van der Waals surface area contributed by atoms with Crippen LogP contribution in [0.4, 0.5) is 0 Å². The van der Waals surface area contributed by atoms with E-state index in [4.69, 9.17) is 26.4 Å². The van der Waals surface area contributed by atoms with Gasteiger partial charge in [0.1, 0.15) is 11.6 Å². The zero-order valence-corrected chi connectivity index (χ0v) is 46.7. The summed E-state index contributed by atoms with van der Waals surface area (Å²) in [5.74, 6) is 0.320. The van der Waals surface area contributed by atoms with Crippen molar-refractivity contribution in [3.05, 3.63) is 216 Å². The summed E-state index contributed by atoms with van der Waals surface area (Å²) in [6.45, 7) is 5.61. The van der Waals surface area contributed by atoms with Gasteiger partial charge in [0, 0.05) is 55.0 Å². The molecule has 8 aromatic carbocycles. The van der Waals surface area contributed by atoms with Gasteiger partial charge < -0.3 is 5.11 Å². The van der Waals surface area contributed by atoms with Crippen LogP contribution in [-0.4, -0.2) is 19.6 Å². The molecule has 0 spiro atoms. The Labute approximate surface area is 483 Å². The number of aryl methyl sites for hydroxylation is 1. The van der Waals surface area contributed by atoms with E-state index in [0.717, 1.165) is 33.4 Å². The van der Waals surface area contributed by atoms with Gasteiger partial charge in [-0.1, -0.05) is 227 Å². The zero-order valence-electron chi connectivity index (χ0n) is 56.4. The molecule has 2 aromatic heterocycles. The number of aromatic hydroxyl groups is 1. The Kier molecular flexibility index (Phi) is 10.8. The van der Waals surface area contributed by atoms with Crippen LogP contribution in [0.3, 0.4) is 0 Å². The first-order valence-corrected chi connectivity index (χ1v) is 25.4. The van der Waals surface area contributed by atoms with Crippen molar-refractivity contribution in [2.75, 3.05) is 0 Å². The number of nitrogens with zero attached hydrogens (tertiary/aromatic N) is 3. The van der Waals surface area contributed by atoms with Crippen LogP contribution >= 0.6 is 0 Å². The van der Waals surface area contributed by atoms with Gasteiger partial charge in [-0.25, -0.2) is 4.98 Å². The standard InChI is InChI=1S/C71H70N3O.Pt/c1-45-37-49(46-21-16-14-17-22-46)30-34-63(45)74-64-26-20-25-57(65(64)73-67(74)59-43-56(69(5,6)7)44-61(66(59)75)71(11,12)13)53-38-52(48-27-31-55(32-28-48)68(2,3)4)39-54(40-53)62-42-51(35-36-72-62)58-41-50(47-23-18-15-19-24-47)29-33-60(58)70(8,9)10;/h14-39,41-44,75H,1-13H3;/q-1;/i1D3,8D3,9D3,10D3;. The summed E-state index contributed by atoms with van der Waals surface area (Å²) in [4.78, 5) is 10.4. The molecule has 0 atom stereocenters. The minimum absolute atomic E-state index is 0. The largest absolute Gasteiger partial charge is 0.507 e. The summed E-state index contributed by atoms with van der Waals surface area (Å²) in [6.07, 6.45) is 1.52. The van der Waals surface area contributed by atoms with Crippen molar-refractivity contribution in [1.82, 2.24) is 14.5 Å². The number of aromatic nitrogens is 3. The van der Waals surface area contributed by atoms with E-state index >= 15 is 0 Å². The van der Waals surface area contributed by atoms with Gasteiger partial charge in [0.2, 0.25) is 0 Å². The molecule has 0 saturated carbocycles. The third-order valence-electron chi connectivity index (χ3n) is 14.2. The van der Waals surface area contributed by atoms with Gasteiger partial charge in [-0.2, -0.15) is 0 Å². The fraction of sp³-hybridized carbons (Fsp3) is 0.239. The maximum atomic E-state index is 12.7. The van der Waals surface area contributed by atoms with Gasteiger partial charge >= 0.3 is 0 Å². The van der Waals surface area contributed by atoms with Crippen LogP contribution in [0, 0.1) is 12.9 Å². The van der Waals surface area contributed by atoms with Crippen molar-refractivity contribution in [2.24, 2.45) is 0 Å². The van der Waals surface area contributed by atoms with Gasteiger partial charge in [0.25, 0.3) is 0 Å². The Hall–Kier alpha value is -7.13. The fourth-order valence-corrected chi connectivity index (χ4v) is 9.94. The molecule has 0 aliphatic carbocycles. The monoisotopic (exact) mass is 1190 g/mol. The normalized spacial score (nSPS) is 15.2. The fourth-order valence-electron chi connectivity index (χ4n) is 9.94. The third kappa shape index (κ3) is 10.7. The molecule has 0 bridgehead atoms. The number of phenolic OH excluding ortho intramolecular Hbond substituents is 1. The van der Waals surface area contributed by atoms with Crippen LogP contribution in [0.15, 0.2) is 182 Å². The predicted octanol–water partition coefficient (Wildman–Crippen LogP) is 19.1. The first kappa shape index (κ1) is 40.2. The molecule has 0 aliphatic rings. The Morgan fingerprint density at radius 2 is 1.09 bits per heavy atom. The second-order valence-corrected chi connectivity index (χ2v) is 22.8. The molecule has 1 N–H and O–H groups in total. The number of fused-ring (bicyclic) bond motifs is 1. The summed E-state index contributed by atoms with van der Waals surface area (Å²) < 4.78 is 108. The second kappa shape index (κ2) is 20.4. The van der Waals surface area contributed by atoms with Crippen LogP contribution in [0.5, 0.6) is 5.75 Å². The van der Waals surface area contributed by atoms with Crippen LogP contribution in [-0.2, 0) is 42.7 Å². The molecule has 0 amide bonds. The van der Waals surface area contributed by atoms with E-state index in [1.807, 2.05) is 147 Å². The molecule has 0 saturated heterocycles. The maximum Gasteiger partial charge on any atom is 0.148 e. The van der Waals surface area contributed by atoms with Crippen molar-refractivity contribution >= 4 is 11.0 Å². The predicted molar refractivity (Wildman–Crippen MR) is 317 cm³/mol. The second-order valence-electron chi connectivity index (χ2n) is 22.8. The summed E-state index contributed by atoms with van der Waals surface area (Å²) in [5, 5.41) is 12.7. The van der Waals surface area contributed by atoms with Crippen LogP contribution in [0.2, 0.25) is 0 Å². The topological polar surface area (TPSA) is 50.9 Å². The van der Waals surface area contributed by atoms with Crippen molar-refractivity contribution in [1.29, 1.82) is 0 Å². The minimum atomic E-state index is -3.54. The quantitative estimate of drug-likeness (QED) is 0.154. The minimum Gasteiger partial charge on any atom is -0.507 e. The number of imidazole rings is 1. The van der Waals surface area contributed by atoms with Crippen molar-refractivity contribution in [3.8, 4) is 89.7 Å². The number of rotatable bonds is 8. The Balaban J connectivity index is 0.00000922. The summed E-state index contributed by atoms with van der Waals surface area (Å²) >= 11 is 0. The molecule has 0 radical (unpaired) electrons. The van der Waals surface area contributed by atoms with Crippen molar-refractivity contribution in [3.63, 3.8) is 0 Å². The van der Waals surface area contributed by atoms with E-state index in [1.165, 1.54) is 12.3 Å². The molecule has 4 nitrogen and oxygen atoms in total. The molecular weight excluding hydrogens is 1110 g/mol. The molecule has 386 valence electrons. The molecule has 2 heterocycles. The average molecular weight is 1190 g/mol. The summed E-state index contributed by atoms with van der Waals surface area (Å²) in [6, 6.07) is 57.6. The number of para-hydroxylation sites is 1. The van der Waals surface area contributed by atoms with E-state index < -0.39 is 38.2 Å². The van der Waals surface area contributed by atoms with Crippen molar-refractivity contribution < 1.29 is 42.6 Å². The third-order valence-corrected chi connectivity index (χ3v) is 14.2. The molecule has 10 rings (SSSR count). The van der Waals surface area contributed by atoms with Crippen LogP contribution in [0.25, 0.3) is 95.0 Å². The Morgan fingerprint density at radius 3 is 1.72 bits per heavy atom. The summed E-state index contributed by atoms with van der Waals surface area (Å²) in [7, 11) is 0.